The molecule has 17 heavy (non-hydrogen) atoms. The number of thioether (sulfide) groups is 1. The molecule has 1 aliphatic heterocycles. The van der Waals surface area contributed by atoms with E-state index < -0.39 is 0 Å². The van der Waals surface area contributed by atoms with E-state index in [4.69, 9.17) is 17.0 Å². The number of hydrogen-bond acceptors (Lipinski definition) is 4. The number of hydrogen-bond donors (Lipinski definition) is 1. The van der Waals surface area contributed by atoms with Crippen molar-refractivity contribution in [3.05, 3.63) is 24.3 Å². The normalized spacial score (nSPS) is 20.1. The smallest absolute Gasteiger partial charge is 0.309 e. The summed E-state index contributed by atoms with van der Waals surface area (Å²) in [5.41, 5.74) is 1.01. The van der Waals surface area contributed by atoms with Crippen LogP contribution in [0.25, 0.3) is 0 Å². The Morgan fingerprint density at radius 1 is 1.53 bits per heavy atom. The molecule has 90 valence electrons. The number of nitrogens with one attached hydrogen (secondary N) is 1. The number of para-hydroxylation sites is 1. The third kappa shape index (κ3) is 2.45. The Labute approximate surface area is 110 Å². The summed E-state index contributed by atoms with van der Waals surface area (Å²) in [7, 11) is 1.40. The number of fused-ring (bicyclic) bond motifs is 1. The molecule has 0 fully saturated rings. The number of benzene rings is 1. The summed E-state index contributed by atoms with van der Waals surface area (Å²) in [6.07, 6.45) is 0. The summed E-state index contributed by atoms with van der Waals surface area (Å²) in [4.78, 5) is 13.3. The third-order valence-electron chi connectivity index (χ3n) is 2.68. The number of ether oxygens (including phenoxy) is 1. The summed E-state index contributed by atoms with van der Waals surface area (Å²) in [5, 5.41) is 3.11. The Kier molecular flexibility index (Phi) is 3.69. The highest BCUT2D eigenvalue weighted by molar-refractivity contribution is 8.02. The number of thiocarbonyl (C=S) groups is 1. The molecule has 3 nitrogen and oxygen atoms in total. The zero-order chi connectivity index (χ0) is 12.4. The molecule has 1 heterocycles. The number of carbonyl (C=O) groups is 1. The molecular weight excluding hydrogens is 254 g/mol. The number of anilines is 1. The predicted molar refractivity (Wildman–Crippen MR) is 73.5 cm³/mol. The second kappa shape index (κ2) is 5.06. The Balaban J connectivity index is 2.23. The van der Waals surface area contributed by atoms with Crippen molar-refractivity contribution in [2.75, 3.05) is 12.4 Å². The van der Waals surface area contributed by atoms with E-state index in [0.29, 0.717) is 4.99 Å². The Hall–Kier alpha value is -1.07. The molecule has 1 aliphatic rings. The van der Waals surface area contributed by atoms with Crippen LogP contribution < -0.4 is 5.32 Å². The molecule has 0 saturated heterocycles. The van der Waals surface area contributed by atoms with E-state index in [1.54, 1.807) is 11.8 Å². The van der Waals surface area contributed by atoms with Gasteiger partial charge in [0, 0.05) is 4.90 Å². The van der Waals surface area contributed by atoms with E-state index in [1.165, 1.54) is 7.11 Å². The van der Waals surface area contributed by atoms with Gasteiger partial charge in [0.25, 0.3) is 0 Å². The molecule has 0 aromatic heterocycles. The Morgan fingerprint density at radius 2 is 2.24 bits per heavy atom. The van der Waals surface area contributed by atoms with Crippen LogP contribution in [0.3, 0.4) is 0 Å². The maximum Gasteiger partial charge on any atom is 0.309 e. The van der Waals surface area contributed by atoms with Crippen molar-refractivity contribution in [3.63, 3.8) is 0 Å². The fraction of sp³-hybridized carbons (Fsp3) is 0.333. The van der Waals surface area contributed by atoms with Crippen LogP contribution in [0, 0.1) is 5.92 Å². The fourth-order valence-corrected chi connectivity index (χ4v) is 3.32. The first-order valence-corrected chi connectivity index (χ1v) is 6.56. The summed E-state index contributed by atoms with van der Waals surface area (Å²) >= 11 is 6.92. The monoisotopic (exact) mass is 267 g/mol. The number of esters is 1. The summed E-state index contributed by atoms with van der Waals surface area (Å²) in [6.45, 7) is 1.84. The predicted octanol–water partition coefficient (Wildman–Crippen LogP) is 2.71. The summed E-state index contributed by atoms with van der Waals surface area (Å²) in [5.74, 6) is -0.482. The van der Waals surface area contributed by atoms with E-state index in [9.17, 15) is 4.79 Å². The molecule has 0 aliphatic carbocycles. The van der Waals surface area contributed by atoms with Crippen molar-refractivity contribution < 1.29 is 9.53 Å². The molecule has 2 atom stereocenters. The lowest BCUT2D eigenvalue weighted by molar-refractivity contribution is -0.144. The van der Waals surface area contributed by atoms with Crippen LogP contribution in [0.4, 0.5) is 5.69 Å². The highest BCUT2D eigenvalue weighted by Crippen LogP contribution is 2.38. The Bertz CT molecular complexity index is 462. The van der Waals surface area contributed by atoms with Crippen molar-refractivity contribution in [1.29, 1.82) is 0 Å². The lowest BCUT2D eigenvalue weighted by atomic mass is 10.1. The molecule has 1 aromatic carbocycles. The molecule has 5 heteroatoms. The van der Waals surface area contributed by atoms with Crippen LogP contribution in [0.5, 0.6) is 0 Å². The zero-order valence-electron chi connectivity index (χ0n) is 9.60. The minimum absolute atomic E-state index is 0.0626. The van der Waals surface area contributed by atoms with Crippen LogP contribution in [-0.4, -0.2) is 23.3 Å². The average molecular weight is 267 g/mol. The molecule has 1 aromatic rings. The second-order valence-corrected chi connectivity index (χ2v) is 5.46. The number of carbonyl (C=O) groups excluding carboxylic acids is 1. The summed E-state index contributed by atoms with van der Waals surface area (Å²) in [6, 6.07) is 7.93. The molecule has 0 spiro atoms. The summed E-state index contributed by atoms with van der Waals surface area (Å²) < 4.78 is 4.76. The lowest BCUT2D eigenvalue weighted by Gasteiger charge is -2.29. The van der Waals surface area contributed by atoms with Gasteiger partial charge in [-0.15, -0.1) is 11.8 Å². The van der Waals surface area contributed by atoms with Crippen LogP contribution in [0.2, 0.25) is 0 Å². The van der Waals surface area contributed by atoms with E-state index >= 15 is 0 Å². The first-order valence-electron chi connectivity index (χ1n) is 5.28. The molecule has 0 saturated carbocycles. The SMILES string of the molecule is COC(=O)[C@@H](C)[C@H]1Sc2ccccc2NC1=S. The van der Waals surface area contributed by atoms with Gasteiger partial charge in [-0.1, -0.05) is 31.3 Å². The van der Waals surface area contributed by atoms with Gasteiger partial charge in [-0.3, -0.25) is 4.79 Å². The molecule has 1 N–H and O–H groups in total. The van der Waals surface area contributed by atoms with Gasteiger partial charge in [0.1, 0.15) is 0 Å². The van der Waals surface area contributed by atoms with Gasteiger partial charge in [0.15, 0.2) is 0 Å². The van der Waals surface area contributed by atoms with Crippen molar-refractivity contribution in [2.24, 2.45) is 5.92 Å². The van der Waals surface area contributed by atoms with Gasteiger partial charge in [-0.2, -0.15) is 0 Å². The van der Waals surface area contributed by atoms with Crippen LogP contribution >= 0.6 is 24.0 Å². The number of methoxy groups -OCH3 is 1. The molecule has 0 radical (unpaired) electrons. The maximum absolute atomic E-state index is 11.5. The fourth-order valence-electron chi connectivity index (χ4n) is 1.71. The van der Waals surface area contributed by atoms with Gasteiger partial charge in [0.2, 0.25) is 0 Å². The second-order valence-electron chi connectivity index (χ2n) is 3.84. The number of rotatable bonds is 2. The van der Waals surface area contributed by atoms with Crippen molar-refractivity contribution in [1.82, 2.24) is 0 Å². The molecule has 0 bridgehead atoms. The molecule has 2 rings (SSSR count). The van der Waals surface area contributed by atoms with Crippen LogP contribution in [0.15, 0.2) is 29.2 Å². The van der Waals surface area contributed by atoms with Crippen molar-refractivity contribution >= 4 is 40.6 Å². The maximum atomic E-state index is 11.5. The van der Waals surface area contributed by atoms with Gasteiger partial charge in [-0.25, -0.2) is 0 Å². The van der Waals surface area contributed by atoms with Crippen molar-refractivity contribution in [2.45, 2.75) is 17.1 Å². The molecular formula is C12H13NO2S2. The Morgan fingerprint density at radius 3 is 2.94 bits per heavy atom. The quantitative estimate of drug-likeness (QED) is 0.659. The highest BCUT2D eigenvalue weighted by Gasteiger charge is 2.32. The van der Waals surface area contributed by atoms with E-state index in [2.05, 4.69) is 5.32 Å². The lowest BCUT2D eigenvalue weighted by Crippen LogP contribution is -2.36. The van der Waals surface area contributed by atoms with Crippen molar-refractivity contribution in [3.8, 4) is 0 Å². The first-order chi connectivity index (χ1) is 8.13. The largest absolute Gasteiger partial charge is 0.469 e. The third-order valence-corrected chi connectivity index (χ3v) is 4.70. The minimum atomic E-state index is -0.252. The standard InChI is InChI=1S/C12H13NO2S2/c1-7(12(14)15-2)10-11(16)13-8-5-3-4-6-9(8)17-10/h3-7,10H,1-2H3,(H,13,16)/t7-,10+/m0/s1. The van der Waals surface area contributed by atoms with E-state index in [-0.39, 0.29) is 17.1 Å². The van der Waals surface area contributed by atoms with E-state index in [0.717, 1.165) is 10.6 Å². The average Bonchev–Trinajstić information content (AvgIpc) is 2.36. The van der Waals surface area contributed by atoms with Gasteiger partial charge in [0.05, 0.1) is 29.0 Å². The van der Waals surface area contributed by atoms with Crippen LogP contribution in [0.1, 0.15) is 6.92 Å². The topological polar surface area (TPSA) is 38.3 Å². The van der Waals surface area contributed by atoms with E-state index in [1.807, 2.05) is 31.2 Å². The zero-order valence-corrected chi connectivity index (χ0v) is 11.2. The molecule has 0 unspecified atom stereocenters. The van der Waals surface area contributed by atoms with Gasteiger partial charge < -0.3 is 10.1 Å². The highest BCUT2D eigenvalue weighted by atomic mass is 32.2. The first kappa shape index (κ1) is 12.4. The minimum Gasteiger partial charge on any atom is -0.469 e. The van der Waals surface area contributed by atoms with Gasteiger partial charge >= 0.3 is 5.97 Å². The van der Waals surface area contributed by atoms with Gasteiger partial charge in [-0.05, 0) is 12.1 Å². The molecule has 0 amide bonds. The van der Waals surface area contributed by atoms with Crippen LogP contribution in [-0.2, 0) is 9.53 Å².